The number of amides is 2. The Bertz CT molecular complexity index is 684. The molecule has 0 fully saturated rings. The highest BCUT2D eigenvalue weighted by molar-refractivity contribution is 8.00. The Morgan fingerprint density at radius 2 is 1.29 bits per heavy atom. The number of aryl methyl sites for hydroxylation is 2. The molecule has 0 aliphatic carbocycles. The molecule has 0 bridgehead atoms. The molecule has 0 aromatic carbocycles. The third-order valence-electron chi connectivity index (χ3n) is 3.72. The third kappa shape index (κ3) is 7.59. The largest absolute Gasteiger partial charge is 0.354 e. The lowest BCUT2D eigenvalue weighted by molar-refractivity contribution is -0.120. The first-order valence-electron chi connectivity index (χ1n) is 9.45. The van der Waals surface area contributed by atoms with Gasteiger partial charge < -0.3 is 19.8 Å². The van der Waals surface area contributed by atoms with Crippen molar-refractivity contribution >= 4 is 35.3 Å². The van der Waals surface area contributed by atoms with E-state index in [9.17, 15) is 9.59 Å². The molecule has 2 aromatic rings. The van der Waals surface area contributed by atoms with E-state index in [4.69, 9.17) is 0 Å². The minimum absolute atomic E-state index is 0.0683. The zero-order valence-electron chi connectivity index (χ0n) is 16.4. The summed E-state index contributed by atoms with van der Waals surface area (Å²) < 4.78 is 4.09. The molecule has 0 saturated heterocycles. The van der Waals surface area contributed by atoms with E-state index in [1.54, 1.807) is 12.4 Å². The van der Waals surface area contributed by atoms with Crippen molar-refractivity contribution in [3.8, 4) is 0 Å². The molecule has 0 atom stereocenters. The smallest absolute Gasteiger partial charge is 0.230 e. The van der Waals surface area contributed by atoms with Crippen molar-refractivity contribution in [2.24, 2.45) is 0 Å². The Balaban J connectivity index is 1.57. The number of hydrogen-bond donors (Lipinski definition) is 2. The summed E-state index contributed by atoms with van der Waals surface area (Å²) in [6.07, 6.45) is 9.39. The van der Waals surface area contributed by atoms with Crippen molar-refractivity contribution < 1.29 is 9.59 Å². The van der Waals surface area contributed by atoms with Crippen LogP contribution in [0, 0.1) is 0 Å². The minimum atomic E-state index is -0.0683. The van der Waals surface area contributed by atoms with Gasteiger partial charge in [0.15, 0.2) is 10.3 Å². The third-order valence-corrected chi connectivity index (χ3v) is 5.73. The highest BCUT2D eigenvalue weighted by atomic mass is 32.2. The summed E-state index contributed by atoms with van der Waals surface area (Å²) in [4.78, 5) is 32.4. The van der Waals surface area contributed by atoms with E-state index in [1.807, 2.05) is 21.5 Å². The number of rotatable bonds is 13. The average molecular weight is 425 g/mol. The van der Waals surface area contributed by atoms with Crippen LogP contribution in [0.1, 0.15) is 26.7 Å². The van der Waals surface area contributed by atoms with Gasteiger partial charge in [-0.2, -0.15) is 0 Å². The van der Waals surface area contributed by atoms with Crippen molar-refractivity contribution in [1.82, 2.24) is 29.7 Å². The quantitative estimate of drug-likeness (QED) is 0.377. The highest BCUT2D eigenvalue weighted by Gasteiger charge is 2.09. The van der Waals surface area contributed by atoms with E-state index in [0.717, 1.165) is 36.2 Å². The summed E-state index contributed by atoms with van der Waals surface area (Å²) >= 11 is 2.84. The monoisotopic (exact) mass is 424 g/mol. The first-order valence-corrected chi connectivity index (χ1v) is 11.4. The molecule has 8 nitrogen and oxygen atoms in total. The molecule has 2 rings (SSSR count). The molecule has 0 unspecified atom stereocenters. The maximum Gasteiger partial charge on any atom is 0.230 e. The molecule has 10 heteroatoms. The number of hydrogen-bond acceptors (Lipinski definition) is 6. The first-order chi connectivity index (χ1) is 13.6. The number of nitrogens with one attached hydrogen (secondary N) is 2. The molecule has 28 heavy (non-hydrogen) atoms. The average Bonchev–Trinajstić information content (AvgIpc) is 3.32. The molecule has 0 radical (unpaired) electrons. The van der Waals surface area contributed by atoms with E-state index < -0.39 is 0 Å². The van der Waals surface area contributed by atoms with Gasteiger partial charge in [-0.05, 0) is 12.8 Å². The van der Waals surface area contributed by atoms with Crippen molar-refractivity contribution in [2.75, 3.05) is 24.6 Å². The lowest BCUT2D eigenvalue weighted by Gasteiger charge is -2.08. The lowest BCUT2D eigenvalue weighted by atomic mass is 10.5. The van der Waals surface area contributed by atoms with Gasteiger partial charge in [0.1, 0.15) is 0 Å². The van der Waals surface area contributed by atoms with Gasteiger partial charge in [-0.25, -0.2) is 9.97 Å². The minimum Gasteiger partial charge on any atom is -0.354 e. The van der Waals surface area contributed by atoms with Crippen LogP contribution in [-0.2, 0) is 22.7 Å². The Morgan fingerprint density at radius 1 is 0.857 bits per heavy atom. The summed E-state index contributed by atoms with van der Waals surface area (Å²) in [6, 6.07) is 0. The zero-order valence-corrected chi connectivity index (χ0v) is 18.0. The number of nitrogens with zero attached hydrogens (tertiary/aromatic N) is 4. The molecule has 0 aliphatic heterocycles. The van der Waals surface area contributed by atoms with E-state index >= 15 is 0 Å². The number of thioether (sulfide) groups is 2. The Kier molecular flexibility index (Phi) is 9.98. The second-order valence-electron chi connectivity index (χ2n) is 6.08. The Hall–Kier alpha value is -1.94. The Morgan fingerprint density at radius 3 is 1.68 bits per heavy atom. The van der Waals surface area contributed by atoms with E-state index in [2.05, 4.69) is 34.4 Å². The van der Waals surface area contributed by atoms with Gasteiger partial charge >= 0.3 is 0 Å². The molecule has 2 N–H and O–H groups in total. The summed E-state index contributed by atoms with van der Waals surface area (Å²) in [5.41, 5.74) is 0. The van der Waals surface area contributed by atoms with Gasteiger partial charge in [0.25, 0.3) is 0 Å². The van der Waals surface area contributed by atoms with Crippen LogP contribution in [0.2, 0.25) is 0 Å². The number of aromatic nitrogens is 4. The van der Waals surface area contributed by atoms with Crippen LogP contribution in [0.25, 0.3) is 0 Å². The maximum atomic E-state index is 11.9. The topological polar surface area (TPSA) is 93.8 Å². The SMILES string of the molecule is CCCn1ccnc1SCC(=O)NCCNC(=O)CSc1nccn1CCC. The second kappa shape index (κ2) is 12.5. The van der Waals surface area contributed by atoms with Crippen molar-refractivity contribution in [3.05, 3.63) is 24.8 Å². The van der Waals surface area contributed by atoms with Gasteiger partial charge in [0.2, 0.25) is 11.8 Å². The number of carbonyl (C=O) groups is 2. The summed E-state index contributed by atoms with van der Waals surface area (Å²) in [6.45, 7) is 6.81. The molecular weight excluding hydrogens is 396 g/mol. The van der Waals surface area contributed by atoms with Gasteiger partial charge in [0, 0.05) is 51.0 Å². The van der Waals surface area contributed by atoms with Crippen LogP contribution < -0.4 is 10.6 Å². The van der Waals surface area contributed by atoms with Crippen LogP contribution in [0.4, 0.5) is 0 Å². The molecule has 154 valence electrons. The fourth-order valence-electron chi connectivity index (χ4n) is 2.46. The Labute approximate surface area is 174 Å². The van der Waals surface area contributed by atoms with Gasteiger partial charge in [0.05, 0.1) is 11.5 Å². The maximum absolute atomic E-state index is 11.9. The fraction of sp³-hybridized carbons (Fsp3) is 0.556. The van der Waals surface area contributed by atoms with Crippen molar-refractivity contribution in [1.29, 1.82) is 0 Å². The van der Waals surface area contributed by atoms with Crippen LogP contribution in [0.15, 0.2) is 35.1 Å². The van der Waals surface area contributed by atoms with Crippen LogP contribution in [-0.4, -0.2) is 55.5 Å². The van der Waals surface area contributed by atoms with Crippen molar-refractivity contribution in [3.63, 3.8) is 0 Å². The molecular formula is C18H28N6O2S2. The van der Waals surface area contributed by atoms with E-state index in [-0.39, 0.29) is 11.8 Å². The number of carbonyl (C=O) groups excluding carboxylic acids is 2. The second-order valence-corrected chi connectivity index (χ2v) is 7.97. The van der Waals surface area contributed by atoms with Crippen LogP contribution in [0.3, 0.4) is 0 Å². The first kappa shape index (κ1) is 22.4. The standard InChI is InChI=1S/C18H28N6O2S2/c1-3-9-23-11-7-21-17(23)27-13-15(25)19-5-6-20-16(26)14-28-18-22-8-12-24(18)10-4-2/h7-8,11-12H,3-6,9-10,13-14H2,1-2H3,(H,19,25)(H,20,26). The summed E-state index contributed by atoms with van der Waals surface area (Å²) in [5, 5.41) is 7.33. The summed E-state index contributed by atoms with van der Waals surface area (Å²) in [7, 11) is 0. The predicted molar refractivity (Wildman–Crippen MR) is 113 cm³/mol. The molecule has 0 saturated carbocycles. The van der Waals surface area contributed by atoms with Crippen LogP contribution >= 0.6 is 23.5 Å². The predicted octanol–water partition coefficient (Wildman–Crippen LogP) is 2.02. The lowest BCUT2D eigenvalue weighted by Crippen LogP contribution is -2.36. The highest BCUT2D eigenvalue weighted by Crippen LogP contribution is 2.16. The van der Waals surface area contributed by atoms with Gasteiger partial charge in [-0.1, -0.05) is 37.4 Å². The molecule has 2 heterocycles. The molecule has 2 aromatic heterocycles. The van der Waals surface area contributed by atoms with Gasteiger partial charge in [-0.15, -0.1) is 0 Å². The molecule has 2 amide bonds. The zero-order chi connectivity index (χ0) is 20.2. The summed E-state index contributed by atoms with van der Waals surface area (Å²) in [5.74, 6) is 0.484. The normalized spacial score (nSPS) is 10.8. The van der Waals surface area contributed by atoms with Crippen molar-refractivity contribution in [2.45, 2.75) is 50.1 Å². The molecule has 0 aliphatic rings. The van der Waals surface area contributed by atoms with Gasteiger partial charge in [-0.3, -0.25) is 9.59 Å². The molecule has 0 spiro atoms. The van der Waals surface area contributed by atoms with E-state index in [1.165, 1.54) is 23.5 Å². The van der Waals surface area contributed by atoms with Crippen LogP contribution in [0.5, 0.6) is 0 Å². The number of imidazole rings is 2. The van der Waals surface area contributed by atoms with E-state index in [0.29, 0.717) is 24.6 Å². The fourth-order valence-corrected chi connectivity index (χ4v) is 4.09.